The van der Waals surface area contributed by atoms with Crippen LogP contribution in [0.4, 0.5) is 13.2 Å². The lowest BCUT2D eigenvalue weighted by Crippen LogP contribution is -2.48. The van der Waals surface area contributed by atoms with Crippen molar-refractivity contribution in [3.05, 3.63) is 17.3 Å². The van der Waals surface area contributed by atoms with E-state index in [1.54, 1.807) is 6.20 Å². The smallest absolute Gasteiger partial charge is 0.356 e. The van der Waals surface area contributed by atoms with Crippen LogP contribution in [-0.2, 0) is 15.5 Å². The first-order valence-electron chi connectivity index (χ1n) is 8.63. The second-order valence-electron chi connectivity index (χ2n) is 8.03. The monoisotopic (exact) mass is 406 g/mol. The Labute approximate surface area is 152 Å². The molecule has 4 fully saturated rings. The Hall–Kier alpha value is -1.29. The number of hydrogen-bond donors (Lipinski definition) is 0. The summed E-state index contributed by atoms with van der Waals surface area (Å²) < 4.78 is 66.1. The van der Waals surface area contributed by atoms with Crippen molar-refractivity contribution in [1.82, 2.24) is 9.38 Å². The van der Waals surface area contributed by atoms with Crippen molar-refractivity contribution >= 4 is 26.4 Å². The molecule has 142 valence electrons. The van der Waals surface area contributed by atoms with Crippen molar-refractivity contribution in [3.63, 3.8) is 0 Å². The fraction of sp³-hybridized carbons (Fsp3) is 0.688. The number of alkyl halides is 3. The summed E-state index contributed by atoms with van der Waals surface area (Å²) in [5.41, 5.74) is -4.59. The summed E-state index contributed by atoms with van der Waals surface area (Å²) in [4.78, 5) is 5.10. The van der Waals surface area contributed by atoms with E-state index in [4.69, 9.17) is 0 Å². The Morgan fingerprint density at radius 2 is 1.73 bits per heavy atom. The maximum absolute atomic E-state index is 12.6. The Kier molecular flexibility index (Phi) is 3.34. The van der Waals surface area contributed by atoms with Gasteiger partial charge >= 0.3 is 15.6 Å². The number of aromatic nitrogens is 2. The number of nitrogens with zero attached hydrogens (tertiary/aromatic N) is 2. The lowest BCUT2D eigenvalue weighted by molar-refractivity contribution is -0.0501. The van der Waals surface area contributed by atoms with Gasteiger partial charge in [0.1, 0.15) is 0 Å². The van der Waals surface area contributed by atoms with Gasteiger partial charge in [-0.2, -0.15) is 21.6 Å². The van der Waals surface area contributed by atoms with Gasteiger partial charge in [-0.3, -0.25) is 4.40 Å². The van der Waals surface area contributed by atoms with Gasteiger partial charge in [-0.15, -0.1) is 11.3 Å². The quantitative estimate of drug-likeness (QED) is 0.569. The molecule has 4 saturated carbocycles. The molecule has 0 atom stereocenters. The van der Waals surface area contributed by atoms with Crippen LogP contribution >= 0.6 is 11.3 Å². The predicted molar refractivity (Wildman–Crippen MR) is 88.5 cm³/mol. The largest absolute Gasteiger partial charge is 0.534 e. The average Bonchev–Trinajstić information content (AvgIpc) is 3.07. The molecule has 0 unspecified atom stereocenters. The highest BCUT2D eigenvalue weighted by atomic mass is 32.2. The molecule has 4 aliphatic rings. The molecular weight excluding hydrogens is 389 g/mol. The number of imidazole rings is 1. The Bertz CT molecular complexity index is 941. The number of fused-ring (bicyclic) bond motifs is 1. The van der Waals surface area contributed by atoms with Crippen LogP contribution in [0.3, 0.4) is 0 Å². The van der Waals surface area contributed by atoms with Gasteiger partial charge in [-0.1, -0.05) is 0 Å². The summed E-state index contributed by atoms with van der Waals surface area (Å²) in [7, 11) is -5.69. The molecule has 2 aromatic rings. The highest BCUT2D eigenvalue weighted by molar-refractivity contribution is 7.88. The van der Waals surface area contributed by atoms with Gasteiger partial charge in [-0.25, -0.2) is 4.98 Å². The van der Waals surface area contributed by atoms with Crippen LogP contribution in [0.25, 0.3) is 4.96 Å². The molecular formula is C16H17F3N2O3S2. The first-order chi connectivity index (χ1) is 12.2. The Morgan fingerprint density at radius 1 is 1.15 bits per heavy atom. The molecule has 0 N–H and O–H groups in total. The highest BCUT2D eigenvalue weighted by Gasteiger charge is 2.53. The fourth-order valence-electron chi connectivity index (χ4n) is 5.66. The van der Waals surface area contributed by atoms with Crippen LogP contribution in [0.5, 0.6) is 5.88 Å². The van der Waals surface area contributed by atoms with Gasteiger partial charge in [0.05, 0.1) is 11.1 Å². The molecule has 2 heterocycles. The summed E-state index contributed by atoms with van der Waals surface area (Å²) in [5.74, 6) is 1.78. The lowest BCUT2D eigenvalue weighted by atomic mass is 9.49. The van der Waals surface area contributed by atoms with Crippen molar-refractivity contribution in [3.8, 4) is 5.88 Å². The van der Waals surface area contributed by atoms with Crippen LogP contribution in [0.2, 0.25) is 0 Å². The molecule has 0 spiro atoms. The Morgan fingerprint density at radius 3 is 2.27 bits per heavy atom. The van der Waals surface area contributed by atoms with E-state index in [2.05, 4.69) is 9.17 Å². The number of thiazole rings is 1. The topological polar surface area (TPSA) is 60.7 Å². The second kappa shape index (κ2) is 5.15. The van der Waals surface area contributed by atoms with E-state index >= 15 is 0 Å². The van der Waals surface area contributed by atoms with E-state index in [9.17, 15) is 21.6 Å². The van der Waals surface area contributed by atoms with Crippen LogP contribution in [0.1, 0.15) is 44.2 Å². The SMILES string of the molecule is O=S(=O)(Oc1csc2nc(C34CC5CC(CC(C5)C3)C4)cn12)C(F)(F)F. The van der Waals surface area contributed by atoms with Gasteiger partial charge in [0.15, 0.2) is 4.96 Å². The van der Waals surface area contributed by atoms with Crippen molar-refractivity contribution in [2.24, 2.45) is 17.8 Å². The van der Waals surface area contributed by atoms with Gasteiger partial charge in [0.25, 0.3) is 0 Å². The van der Waals surface area contributed by atoms with Crippen LogP contribution in [0.15, 0.2) is 11.6 Å². The fourth-order valence-corrected chi connectivity index (χ4v) is 6.95. The minimum Gasteiger partial charge on any atom is -0.356 e. The molecule has 6 rings (SSSR count). The molecule has 10 heteroatoms. The summed E-state index contributed by atoms with van der Waals surface area (Å²) in [6, 6.07) is 0. The molecule has 4 aliphatic carbocycles. The van der Waals surface area contributed by atoms with E-state index in [0.717, 1.165) is 36.3 Å². The molecule has 0 aliphatic heterocycles. The number of rotatable bonds is 3. The van der Waals surface area contributed by atoms with E-state index in [1.807, 2.05) is 0 Å². The minimum absolute atomic E-state index is 0.0132. The van der Waals surface area contributed by atoms with Crippen molar-refractivity contribution in [2.45, 2.75) is 49.4 Å². The Balaban J connectivity index is 1.51. The highest BCUT2D eigenvalue weighted by Crippen LogP contribution is 2.60. The standard InChI is InChI=1S/C16H17F3N2O3S2/c17-16(18,19)26(22,23)24-13-8-25-14-20-12(7-21(13)14)15-4-9-1-10(5-15)3-11(2-9)6-15/h7-11H,1-6H2. The number of hydrogen-bond acceptors (Lipinski definition) is 5. The maximum Gasteiger partial charge on any atom is 0.534 e. The molecule has 0 aromatic carbocycles. The second-order valence-corrected chi connectivity index (χ2v) is 10.4. The number of halogens is 3. The summed E-state index contributed by atoms with van der Waals surface area (Å²) in [6.07, 6.45) is 8.72. The zero-order valence-electron chi connectivity index (χ0n) is 13.7. The van der Waals surface area contributed by atoms with Crippen molar-refractivity contribution in [2.75, 3.05) is 0 Å². The predicted octanol–water partition coefficient (Wildman–Crippen LogP) is 4.09. The molecule has 5 nitrogen and oxygen atoms in total. The molecule has 2 aromatic heterocycles. The third-order valence-electron chi connectivity index (χ3n) is 6.24. The first kappa shape index (κ1) is 16.9. The minimum atomic E-state index is -5.69. The van der Waals surface area contributed by atoms with Gasteiger partial charge in [0.2, 0.25) is 5.88 Å². The summed E-state index contributed by atoms with van der Waals surface area (Å²) in [5, 5.41) is 1.25. The third-order valence-corrected chi connectivity index (χ3v) is 8.01. The van der Waals surface area contributed by atoms with Crippen LogP contribution in [0, 0.1) is 17.8 Å². The normalized spacial score (nSPS) is 33.9. The van der Waals surface area contributed by atoms with E-state index < -0.39 is 15.6 Å². The van der Waals surface area contributed by atoms with Gasteiger partial charge in [0, 0.05) is 11.6 Å². The van der Waals surface area contributed by atoms with E-state index in [1.165, 1.54) is 29.0 Å². The maximum atomic E-state index is 12.6. The molecule has 26 heavy (non-hydrogen) atoms. The van der Waals surface area contributed by atoms with Gasteiger partial charge < -0.3 is 4.18 Å². The van der Waals surface area contributed by atoms with E-state index in [-0.39, 0.29) is 11.3 Å². The molecule has 4 bridgehead atoms. The third kappa shape index (κ3) is 2.41. The zero-order chi connectivity index (χ0) is 18.3. The summed E-state index contributed by atoms with van der Waals surface area (Å²) in [6.45, 7) is 0. The van der Waals surface area contributed by atoms with Crippen LogP contribution in [-0.4, -0.2) is 23.3 Å². The van der Waals surface area contributed by atoms with Crippen LogP contribution < -0.4 is 4.18 Å². The lowest BCUT2D eigenvalue weighted by Gasteiger charge is -2.56. The van der Waals surface area contributed by atoms with E-state index in [0.29, 0.717) is 22.7 Å². The molecule has 0 saturated heterocycles. The molecule has 0 radical (unpaired) electrons. The summed E-state index contributed by atoms with van der Waals surface area (Å²) >= 11 is 1.09. The van der Waals surface area contributed by atoms with Crippen molar-refractivity contribution in [1.29, 1.82) is 0 Å². The van der Waals surface area contributed by atoms with Gasteiger partial charge in [-0.05, 0) is 56.3 Å². The zero-order valence-corrected chi connectivity index (χ0v) is 15.3. The molecule has 0 amide bonds. The average molecular weight is 406 g/mol. The van der Waals surface area contributed by atoms with Crippen molar-refractivity contribution < 1.29 is 25.8 Å². The first-order valence-corrected chi connectivity index (χ1v) is 10.9.